The maximum atomic E-state index is 9.85. The zero-order chi connectivity index (χ0) is 7.82. The Labute approximate surface area is 71.7 Å². The Bertz CT molecular complexity index is 83.7. The van der Waals surface area contributed by atoms with E-state index in [1.165, 1.54) is 0 Å². The molecule has 0 saturated heterocycles. The molecule has 0 aliphatic carbocycles. The minimum atomic E-state index is -0.240. The molecule has 3 heteroatoms. The van der Waals surface area contributed by atoms with Gasteiger partial charge in [0.2, 0.25) is 0 Å². The molecule has 0 fully saturated rings. The zero-order valence-corrected chi connectivity index (χ0v) is 7.37. The molecule has 0 saturated carbocycles. The molecular weight excluding hydrogens is 171 g/mol. The van der Waals surface area contributed by atoms with Gasteiger partial charge in [-0.3, -0.25) is 0 Å². The first-order valence-electron chi connectivity index (χ1n) is 3.49. The lowest BCUT2D eigenvalue weighted by molar-refractivity contribution is -0.107. The predicted octanol–water partition coefficient (Wildman–Crippen LogP) is 2.94. The maximum absolute atomic E-state index is 9.85. The van der Waals surface area contributed by atoms with Crippen LogP contribution in [-0.4, -0.2) is 11.1 Å². The van der Waals surface area contributed by atoms with Gasteiger partial charge in [-0.1, -0.05) is 12.8 Å². The van der Waals surface area contributed by atoms with Crippen molar-refractivity contribution >= 4 is 29.5 Å². The van der Waals surface area contributed by atoms with Crippen molar-refractivity contribution in [1.29, 1.82) is 0 Å². The quantitative estimate of drug-likeness (QED) is 0.351. The SMILES string of the molecule is O=CCCCCCC(Cl)Cl. The van der Waals surface area contributed by atoms with Gasteiger partial charge in [0.05, 0.1) is 0 Å². The highest BCUT2D eigenvalue weighted by molar-refractivity contribution is 6.44. The number of carbonyl (C=O) groups excluding carboxylic acids is 1. The molecule has 1 nitrogen and oxygen atoms in total. The van der Waals surface area contributed by atoms with Gasteiger partial charge in [0.25, 0.3) is 0 Å². The van der Waals surface area contributed by atoms with Crippen molar-refractivity contribution in [2.45, 2.75) is 36.9 Å². The average Bonchev–Trinajstić information content (AvgIpc) is 1.87. The van der Waals surface area contributed by atoms with Gasteiger partial charge in [0.15, 0.2) is 0 Å². The minimum absolute atomic E-state index is 0.240. The molecule has 60 valence electrons. The second-order valence-electron chi connectivity index (χ2n) is 2.20. The molecule has 10 heavy (non-hydrogen) atoms. The summed E-state index contributed by atoms with van der Waals surface area (Å²) in [5.74, 6) is 0. The average molecular weight is 183 g/mol. The summed E-state index contributed by atoms with van der Waals surface area (Å²) in [6.07, 6.45) is 5.47. The third kappa shape index (κ3) is 8.25. The number of halogens is 2. The summed E-state index contributed by atoms with van der Waals surface area (Å²) in [6, 6.07) is 0. The van der Waals surface area contributed by atoms with E-state index in [-0.39, 0.29) is 4.84 Å². The number of unbranched alkanes of at least 4 members (excludes halogenated alkanes) is 3. The fourth-order valence-electron chi connectivity index (χ4n) is 0.703. The van der Waals surface area contributed by atoms with Crippen molar-refractivity contribution in [3.63, 3.8) is 0 Å². The molecule has 0 heterocycles. The normalized spacial score (nSPS) is 10.3. The Morgan fingerprint density at radius 1 is 1.20 bits per heavy atom. The van der Waals surface area contributed by atoms with E-state index in [2.05, 4.69) is 0 Å². The molecule has 0 aromatic carbocycles. The molecule has 0 aromatic rings. The molecule has 0 amide bonds. The predicted molar refractivity (Wildman–Crippen MR) is 44.6 cm³/mol. The fraction of sp³-hybridized carbons (Fsp3) is 0.857. The van der Waals surface area contributed by atoms with Crippen LogP contribution in [0, 0.1) is 0 Å². The van der Waals surface area contributed by atoms with E-state index in [1.54, 1.807) is 0 Å². The molecule has 0 aliphatic rings. The number of hydrogen-bond acceptors (Lipinski definition) is 1. The molecule has 0 atom stereocenters. The van der Waals surface area contributed by atoms with Crippen molar-refractivity contribution in [1.82, 2.24) is 0 Å². The lowest BCUT2D eigenvalue weighted by Crippen LogP contribution is -1.86. The van der Waals surface area contributed by atoms with Crippen LogP contribution in [0.25, 0.3) is 0 Å². The van der Waals surface area contributed by atoms with Gasteiger partial charge in [-0.15, -0.1) is 23.2 Å². The van der Waals surface area contributed by atoms with Crippen LogP contribution in [-0.2, 0) is 4.79 Å². The number of alkyl halides is 2. The van der Waals surface area contributed by atoms with E-state index in [4.69, 9.17) is 23.2 Å². The Hall–Kier alpha value is 0.250. The van der Waals surface area contributed by atoms with E-state index in [1.807, 2.05) is 0 Å². The summed E-state index contributed by atoms with van der Waals surface area (Å²) in [4.78, 5) is 9.61. The van der Waals surface area contributed by atoms with Crippen LogP contribution in [0.2, 0.25) is 0 Å². The second-order valence-corrected chi connectivity index (χ2v) is 3.47. The smallest absolute Gasteiger partial charge is 0.119 e. The van der Waals surface area contributed by atoms with Crippen LogP contribution >= 0.6 is 23.2 Å². The van der Waals surface area contributed by atoms with E-state index in [0.29, 0.717) is 6.42 Å². The summed E-state index contributed by atoms with van der Waals surface area (Å²) in [5.41, 5.74) is 0. The Morgan fingerprint density at radius 2 is 1.90 bits per heavy atom. The van der Waals surface area contributed by atoms with Gasteiger partial charge >= 0.3 is 0 Å². The van der Waals surface area contributed by atoms with Crippen molar-refractivity contribution in [2.24, 2.45) is 0 Å². The van der Waals surface area contributed by atoms with Crippen LogP contribution in [0.3, 0.4) is 0 Å². The lowest BCUT2D eigenvalue weighted by Gasteiger charge is -1.98. The summed E-state index contributed by atoms with van der Waals surface area (Å²) < 4.78 is 0. The van der Waals surface area contributed by atoms with Gasteiger partial charge < -0.3 is 4.79 Å². The molecule has 0 aromatic heterocycles. The van der Waals surface area contributed by atoms with Crippen molar-refractivity contribution < 1.29 is 4.79 Å². The number of aldehydes is 1. The summed E-state index contributed by atoms with van der Waals surface area (Å²) in [7, 11) is 0. The lowest BCUT2D eigenvalue weighted by atomic mass is 10.2. The van der Waals surface area contributed by atoms with E-state index >= 15 is 0 Å². The molecule has 0 bridgehead atoms. The van der Waals surface area contributed by atoms with Crippen LogP contribution in [0.5, 0.6) is 0 Å². The third-order valence-electron chi connectivity index (χ3n) is 1.24. The second kappa shape index (κ2) is 7.36. The molecular formula is C7H12Cl2O. The molecule has 0 aliphatic heterocycles. The number of rotatable bonds is 6. The summed E-state index contributed by atoms with van der Waals surface area (Å²) in [5, 5.41) is 0. The van der Waals surface area contributed by atoms with E-state index < -0.39 is 0 Å². The molecule has 0 radical (unpaired) electrons. The fourth-order valence-corrected chi connectivity index (χ4v) is 1.01. The van der Waals surface area contributed by atoms with Crippen LogP contribution in [0.15, 0.2) is 0 Å². The molecule has 0 unspecified atom stereocenters. The van der Waals surface area contributed by atoms with Gasteiger partial charge in [-0.2, -0.15) is 0 Å². The van der Waals surface area contributed by atoms with Gasteiger partial charge in [0.1, 0.15) is 11.1 Å². The first-order valence-corrected chi connectivity index (χ1v) is 4.36. The first kappa shape index (κ1) is 10.2. The Kier molecular flexibility index (Phi) is 7.54. The largest absolute Gasteiger partial charge is 0.303 e. The molecule has 0 rings (SSSR count). The Balaban J connectivity index is 2.83. The van der Waals surface area contributed by atoms with Crippen molar-refractivity contribution in [2.75, 3.05) is 0 Å². The van der Waals surface area contributed by atoms with Crippen molar-refractivity contribution in [3.8, 4) is 0 Å². The highest BCUT2D eigenvalue weighted by Gasteiger charge is 1.96. The van der Waals surface area contributed by atoms with Gasteiger partial charge in [-0.25, -0.2) is 0 Å². The van der Waals surface area contributed by atoms with E-state index in [9.17, 15) is 4.79 Å². The van der Waals surface area contributed by atoms with Crippen molar-refractivity contribution in [3.05, 3.63) is 0 Å². The maximum Gasteiger partial charge on any atom is 0.119 e. The van der Waals surface area contributed by atoms with Crippen LogP contribution in [0.1, 0.15) is 32.1 Å². The van der Waals surface area contributed by atoms with Crippen LogP contribution in [0.4, 0.5) is 0 Å². The summed E-state index contributed by atoms with van der Waals surface area (Å²) in [6.45, 7) is 0. The highest BCUT2D eigenvalue weighted by Crippen LogP contribution is 2.12. The monoisotopic (exact) mass is 182 g/mol. The first-order chi connectivity index (χ1) is 4.77. The number of hydrogen-bond donors (Lipinski definition) is 0. The Morgan fingerprint density at radius 3 is 2.40 bits per heavy atom. The standard InChI is InChI=1S/C7H12Cl2O/c8-7(9)5-3-1-2-4-6-10/h6-7H,1-5H2. The molecule has 0 N–H and O–H groups in total. The molecule has 0 spiro atoms. The number of carbonyl (C=O) groups is 1. The van der Waals surface area contributed by atoms with Crippen LogP contribution < -0.4 is 0 Å². The van der Waals surface area contributed by atoms with Gasteiger partial charge in [-0.05, 0) is 12.8 Å². The topological polar surface area (TPSA) is 17.1 Å². The highest BCUT2D eigenvalue weighted by atomic mass is 35.5. The minimum Gasteiger partial charge on any atom is -0.303 e. The van der Waals surface area contributed by atoms with Gasteiger partial charge in [0, 0.05) is 6.42 Å². The summed E-state index contributed by atoms with van der Waals surface area (Å²) >= 11 is 11.0. The third-order valence-corrected chi connectivity index (χ3v) is 1.68. The van der Waals surface area contributed by atoms with E-state index in [0.717, 1.165) is 32.0 Å². The zero-order valence-electron chi connectivity index (χ0n) is 5.85.